The number of aliphatic carboxylic acids is 1. The van der Waals surface area contributed by atoms with Crippen molar-refractivity contribution < 1.29 is 9.90 Å². The van der Waals surface area contributed by atoms with Crippen LogP contribution < -0.4 is 0 Å². The highest BCUT2D eigenvalue weighted by atomic mass is 16.4. The number of rotatable bonds is 16. The van der Waals surface area contributed by atoms with Crippen molar-refractivity contribution in [1.82, 2.24) is 0 Å². The zero-order valence-corrected chi connectivity index (χ0v) is 15.0. The van der Waals surface area contributed by atoms with Crippen LogP contribution in [0, 0.1) is 5.92 Å². The highest BCUT2D eigenvalue weighted by molar-refractivity contribution is 5.85. The third-order valence-electron chi connectivity index (χ3n) is 4.59. The molecule has 2 nitrogen and oxygen atoms in total. The summed E-state index contributed by atoms with van der Waals surface area (Å²) in [4.78, 5) is 10.9. The zero-order chi connectivity index (χ0) is 16.6. The average Bonchev–Trinajstić information content (AvgIpc) is 2.51. The van der Waals surface area contributed by atoms with E-state index in [9.17, 15) is 4.79 Å². The molecule has 0 aromatic rings. The second-order valence-electron chi connectivity index (χ2n) is 6.72. The van der Waals surface area contributed by atoms with Gasteiger partial charge in [-0.3, -0.25) is 0 Å². The van der Waals surface area contributed by atoms with Crippen molar-refractivity contribution in [1.29, 1.82) is 0 Å². The van der Waals surface area contributed by atoms with E-state index < -0.39 is 5.97 Å². The molecule has 1 unspecified atom stereocenters. The van der Waals surface area contributed by atoms with Crippen LogP contribution in [0.4, 0.5) is 0 Å². The van der Waals surface area contributed by atoms with Crippen molar-refractivity contribution >= 4 is 5.97 Å². The minimum absolute atomic E-state index is 0.376. The molecule has 0 aliphatic rings. The first-order chi connectivity index (χ1) is 10.6. The molecule has 22 heavy (non-hydrogen) atoms. The summed E-state index contributed by atoms with van der Waals surface area (Å²) in [6.45, 7) is 8.16. The molecule has 0 aromatic heterocycles. The van der Waals surface area contributed by atoms with Gasteiger partial charge in [-0.1, -0.05) is 97.5 Å². The lowest BCUT2D eigenvalue weighted by Crippen LogP contribution is -2.05. The first-order valence-electron chi connectivity index (χ1n) is 9.52. The number of hydrogen-bond acceptors (Lipinski definition) is 1. The third-order valence-corrected chi connectivity index (χ3v) is 4.59. The van der Waals surface area contributed by atoms with Gasteiger partial charge in [-0.05, 0) is 18.8 Å². The Kier molecular flexibility index (Phi) is 14.6. The van der Waals surface area contributed by atoms with Gasteiger partial charge in [0, 0.05) is 5.57 Å². The van der Waals surface area contributed by atoms with Crippen molar-refractivity contribution in [2.75, 3.05) is 0 Å². The van der Waals surface area contributed by atoms with E-state index in [0.29, 0.717) is 17.9 Å². The van der Waals surface area contributed by atoms with Crippen molar-refractivity contribution in [3.63, 3.8) is 0 Å². The Hall–Kier alpha value is -0.790. The monoisotopic (exact) mass is 310 g/mol. The van der Waals surface area contributed by atoms with Gasteiger partial charge in [0.15, 0.2) is 0 Å². The summed E-state index contributed by atoms with van der Waals surface area (Å²) in [5.74, 6) is -0.136. The van der Waals surface area contributed by atoms with Gasteiger partial charge in [-0.15, -0.1) is 0 Å². The van der Waals surface area contributed by atoms with Crippen molar-refractivity contribution in [3.8, 4) is 0 Å². The first-order valence-corrected chi connectivity index (χ1v) is 9.52. The maximum absolute atomic E-state index is 10.9. The second kappa shape index (κ2) is 15.1. The number of carboxylic acid groups (broad SMARTS) is 1. The van der Waals surface area contributed by atoms with Crippen LogP contribution in [0.15, 0.2) is 12.2 Å². The molecule has 0 aliphatic carbocycles. The number of carbonyl (C=O) groups is 1. The minimum atomic E-state index is -0.829. The maximum atomic E-state index is 10.9. The van der Waals surface area contributed by atoms with Crippen LogP contribution in [0.1, 0.15) is 104 Å². The average molecular weight is 311 g/mol. The Morgan fingerprint density at radius 1 is 0.818 bits per heavy atom. The van der Waals surface area contributed by atoms with Crippen LogP contribution >= 0.6 is 0 Å². The normalized spacial score (nSPS) is 12.3. The van der Waals surface area contributed by atoms with Crippen molar-refractivity contribution in [3.05, 3.63) is 12.2 Å². The van der Waals surface area contributed by atoms with E-state index in [1.807, 2.05) is 0 Å². The van der Waals surface area contributed by atoms with Crippen LogP contribution in [0.2, 0.25) is 0 Å². The summed E-state index contributed by atoms with van der Waals surface area (Å²) in [6.07, 6.45) is 17.5. The number of unbranched alkanes of at least 4 members (excludes halogenated alkanes) is 8. The smallest absolute Gasteiger partial charge is 0.330 e. The summed E-state index contributed by atoms with van der Waals surface area (Å²) in [5, 5.41) is 8.94. The fourth-order valence-corrected chi connectivity index (χ4v) is 2.99. The molecule has 0 aromatic carbocycles. The van der Waals surface area contributed by atoms with Crippen LogP contribution in [-0.2, 0) is 4.79 Å². The minimum Gasteiger partial charge on any atom is -0.478 e. The summed E-state index contributed by atoms with van der Waals surface area (Å²) in [5.41, 5.74) is 0.376. The lowest BCUT2D eigenvalue weighted by atomic mass is 9.89. The van der Waals surface area contributed by atoms with Crippen molar-refractivity contribution in [2.24, 2.45) is 5.92 Å². The van der Waals surface area contributed by atoms with Crippen LogP contribution in [0.5, 0.6) is 0 Å². The highest BCUT2D eigenvalue weighted by Crippen LogP contribution is 2.24. The molecule has 2 heteroatoms. The second-order valence-corrected chi connectivity index (χ2v) is 6.72. The maximum Gasteiger partial charge on any atom is 0.330 e. The molecular weight excluding hydrogens is 272 g/mol. The molecule has 0 bridgehead atoms. The molecule has 0 saturated carbocycles. The quantitative estimate of drug-likeness (QED) is 0.253. The van der Waals surface area contributed by atoms with E-state index >= 15 is 0 Å². The fourth-order valence-electron chi connectivity index (χ4n) is 2.99. The van der Waals surface area contributed by atoms with Gasteiger partial charge in [0.25, 0.3) is 0 Å². The molecule has 0 amide bonds. The zero-order valence-electron chi connectivity index (χ0n) is 15.0. The predicted octanol–water partition coefficient (Wildman–Crippen LogP) is 6.74. The van der Waals surface area contributed by atoms with Crippen molar-refractivity contribution in [2.45, 2.75) is 104 Å². The number of hydrogen-bond donors (Lipinski definition) is 1. The van der Waals surface area contributed by atoms with Gasteiger partial charge in [-0.25, -0.2) is 4.79 Å². The molecule has 0 heterocycles. The standard InChI is InChI=1S/C20H38O2/c1-4-6-8-10-11-13-15-19(14-12-9-7-5-2)17-16-18(3)20(21)22/h19H,3-17H2,1-2H3,(H,21,22). The van der Waals surface area contributed by atoms with Gasteiger partial charge in [-0.2, -0.15) is 0 Å². The van der Waals surface area contributed by atoms with E-state index in [1.54, 1.807) is 0 Å². The van der Waals surface area contributed by atoms with Gasteiger partial charge in [0.05, 0.1) is 0 Å². The van der Waals surface area contributed by atoms with E-state index in [1.165, 1.54) is 77.0 Å². The number of carboxylic acids is 1. The van der Waals surface area contributed by atoms with Gasteiger partial charge in [0.1, 0.15) is 0 Å². The first kappa shape index (κ1) is 21.2. The summed E-state index contributed by atoms with van der Waals surface area (Å²) < 4.78 is 0. The fraction of sp³-hybridized carbons (Fsp3) is 0.850. The largest absolute Gasteiger partial charge is 0.478 e. The van der Waals surface area contributed by atoms with E-state index in [4.69, 9.17) is 5.11 Å². The van der Waals surface area contributed by atoms with Gasteiger partial charge in [0.2, 0.25) is 0 Å². The summed E-state index contributed by atoms with van der Waals surface area (Å²) >= 11 is 0. The summed E-state index contributed by atoms with van der Waals surface area (Å²) in [7, 11) is 0. The molecule has 130 valence electrons. The SMILES string of the molecule is C=C(CCC(CCCCCC)CCCCCCCC)C(=O)O. The molecule has 1 atom stereocenters. The lowest BCUT2D eigenvalue weighted by Gasteiger charge is -2.17. The summed E-state index contributed by atoms with van der Waals surface area (Å²) in [6, 6.07) is 0. The molecular formula is C20H38O2. The van der Waals surface area contributed by atoms with E-state index in [2.05, 4.69) is 20.4 Å². The Bertz CT molecular complexity index is 283. The van der Waals surface area contributed by atoms with Gasteiger partial charge >= 0.3 is 5.97 Å². The molecule has 0 fully saturated rings. The molecule has 0 radical (unpaired) electrons. The molecule has 1 N–H and O–H groups in total. The van der Waals surface area contributed by atoms with Crippen LogP contribution in [-0.4, -0.2) is 11.1 Å². The topological polar surface area (TPSA) is 37.3 Å². The lowest BCUT2D eigenvalue weighted by molar-refractivity contribution is -0.132. The van der Waals surface area contributed by atoms with E-state index in [-0.39, 0.29) is 0 Å². The Morgan fingerprint density at radius 3 is 1.77 bits per heavy atom. The Balaban J connectivity index is 3.94. The van der Waals surface area contributed by atoms with E-state index in [0.717, 1.165) is 6.42 Å². The third kappa shape index (κ3) is 12.9. The molecule has 0 aliphatic heterocycles. The Morgan fingerprint density at radius 2 is 1.27 bits per heavy atom. The highest BCUT2D eigenvalue weighted by Gasteiger charge is 2.11. The predicted molar refractivity (Wildman–Crippen MR) is 96.3 cm³/mol. The van der Waals surface area contributed by atoms with Crippen LogP contribution in [0.3, 0.4) is 0 Å². The molecule has 0 saturated heterocycles. The molecule has 0 spiro atoms. The Labute approximate surface area is 138 Å². The molecule has 0 rings (SSSR count). The van der Waals surface area contributed by atoms with Crippen LogP contribution in [0.25, 0.3) is 0 Å². The van der Waals surface area contributed by atoms with Gasteiger partial charge < -0.3 is 5.11 Å².